The van der Waals surface area contributed by atoms with Crippen molar-refractivity contribution in [1.82, 2.24) is 10.6 Å². The van der Waals surface area contributed by atoms with Crippen molar-refractivity contribution in [2.75, 3.05) is 13.2 Å². The van der Waals surface area contributed by atoms with E-state index < -0.39 is 0 Å². The highest BCUT2D eigenvalue weighted by atomic mass is 32.1. The third-order valence-electron chi connectivity index (χ3n) is 2.80. The maximum atomic E-state index is 5.61. The van der Waals surface area contributed by atoms with Gasteiger partial charge in [-0.3, -0.25) is 0 Å². The Morgan fingerprint density at radius 3 is 3.12 bits per heavy atom. The smallest absolute Gasteiger partial charge is 0.166 e. The van der Waals surface area contributed by atoms with Crippen LogP contribution in [-0.2, 0) is 0 Å². The predicted octanol–water partition coefficient (Wildman–Crippen LogP) is 2.38. The third-order valence-corrected chi connectivity index (χ3v) is 3.06. The van der Waals surface area contributed by atoms with Crippen LogP contribution in [-0.4, -0.2) is 18.3 Å². The molecule has 17 heavy (non-hydrogen) atoms. The molecular formula is C13H18N2OS. The Morgan fingerprint density at radius 1 is 1.47 bits per heavy atom. The molecule has 0 fully saturated rings. The number of fused-ring (bicyclic) bond motifs is 1. The molecule has 92 valence electrons. The molecule has 1 aliphatic heterocycles. The Bertz CT molecular complexity index is 395. The summed E-state index contributed by atoms with van der Waals surface area (Å²) in [4.78, 5) is 0. The summed E-state index contributed by atoms with van der Waals surface area (Å²) in [6.07, 6.45) is 2.02. The van der Waals surface area contributed by atoms with Crippen molar-refractivity contribution in [2.45, 2.75) is 25.8 Å². The van der Waals surface area contributed by atoms with E-state index in [2.05, 4.69) is 23.6 Å². The van der Waals surface area contributed by atoms with Gasteiger partial charge in [0.05, 0.1) is 12.6 Å². The van der Waals surface area contributed by atoms with Crippen molar-refractivity contribution in [1.29, 1.82) is 0 Å². The van der Waals surface area contributed by atoms with E-state index in [0.29, 0.717) is 0 Å². The Balaban J connectivity index is 2.01. The van der Waals surface area contributed by atoms with E-state index in [1.165, 1.54) is 5.56 Å². The minimum Gasteiger partial charge on any atom is -0.493 e. The molecule has 3 nitrogen and oxygen atoms in total. The molecule has 1 aromatic carbocycles. The highest BCUT2D eigenvalue weighted by molar-refractivity contribution is 7.80. The van der Waals surface area contributed by atoms with E-state index in [1.54, 1.807) is 0 Å². The van der Waals surface area contributed by atoms with Crippen LogP contribution in [0.4, 0.5) is 0 Å². The number of para-hydroxylation sites is 1. The molecule has 2 rings (SSSR count). The fourth-order valence-electron chi connectivity index (χ4n) is 1.94. The zero-order chi connectivity index (χ0) is 12.1. The van der Waals surface area contributed by atoms with Crippen LogP contribution in [0, 0.1) is 0 Å². The molecule has 0 aliphatic carbocycles. The third kappa shape index (κ3) is 3.09. The molecule has 0 bridgehead atoms. The predicted molar refractivity (Wildman–Crippen MR) is 73.3 cm³/mol. The average molecular weight is 250 g/mol. The van der Waals surface area contributed by atoms with Gasteiger partial charge in [0.15, 0.2) is 5.11 Å². The minimum atomic E-state index is 0.261. The van der Waals surface area contributed by atoms with Crippen molar-refractivity contribution in [3.63, 3.8) is 0 Å². The zero-order valence-corrected chi connectivity index (χ0v) is 10.8. The first-order chi connectivity index (χ1) is 8.31. The maximum Gasteiger partial charge on any atom is 0.166 e. The van der Waals surface area contributed by atoms with Crippen LogP contribution in [0.1, 0.15) is 31.4 Å². The number of hydrogen-bond donors (Lipinski definition) is 2. The van der Waals surface area contributed by atoms with Gasteiger partial charge in [-0.25, -0.2) is 0 Å². The molecule has 2 N–H and O–H groups in total. The molecule has 0 saturated heterocycles. The van der Waals surface area contributed by atoms with Crippen LogP contribution in [0.25, 0.3) is 0 Å². The summed E-state index contributed by atoms with van der Waals surface area (Å²) in [5.41, 5.74) is 1.19. The Morgan fingerprint density at radius 2 is 2.29 bits per heavy atom. The number of nitrogens with one attached hydrogen (secondary N) is 2. The van der Waals surface area contributed by atoms with Crippen LogP contribution < -0.4 is 15.4 Å². The lowest BCUT2D eigenvalue weighted by Gasteiger charge is -2.27. The van der Waals surface area contributed by atoms with Crippen molar-refractivity contribution in [3.05, 3.63) is 29.8 Å². The summed E-state index contributed by atoms with van der Waals surface area (Å²) in [7, 11) is 0. The molecular weight excluding hydrogens is 232 g/mol. The van der Waals surface area contributed by atoms with Gasteiger partial charge in [0.25, 0.3) is 0 Å². The topological polar surface area (TPSA) is 33.3 Å². The summed E-state index contributed by atoms with van der Waals surface area (Å²) < 4.78 is 5.61. The number of rotatable bonds is 3. The first kappa shape index (κ1) is 12.2. The number of hydrogen-bond acceptors (Lipinski definition) is 2. The van der Waals surface area contributed by atoms with Crippen LogP contribution >= 0.6 is 12.2 Å². The van der Waals surface area contributed by atoms with Gasteiger partial charge in [0, 0.05) is 18.5 Å². The van der Waals surface area contributed by atoms with Crippen LogP contribution in [0.3, 0.4) is 0 Å². The number of thiocarbonyl (C=S) groups is 1. The van der Waals surface area contributed by atoms with Gasteiger partial charge in [0.2, 0.25) is 0 Å². The van der Waals surface area contributed by atoms with Crippen LogP contribution in [0.2, 0.25) is 0 Å². The lowest BCUT2D eigenvalue weighted by Crippen LogP contribution is -2.39. The van der Waals surface area contributed by atoms with Crippen molar-refractivity contribution in [2.24, 2.45) is 0 Å². The molecule has 1 unspecified atom stereocenters. The summed E-state index contributed by atoms with van der Waals surface area (Å²) in [6, 6.07) is 8.39. The molecule has 1 aliphatic rings. The second-order valence-electron chi connectivity index (χ2n) is 4.13. The summed E-state index contributed by atoms with van der Waals surface area (Å²) >= 11 is 5.27. The summed E-state index contributed by atoms with van der Waals surface area (Å²) in [6.45, 7) is 3.78. The van der Waals surface area contributed by atoms with Gasteiger partial charge in [-0.2, -0.15) is 0 Å². The van der Waals surface area contributed by atoms with E-state index in [1.807, 2.05) is 18.2 Å². The van der Waals surface area contributed by atoms with Gasteiger partial charge in [-0.1, -0.05) is 25.1 Å². The van der Waals surface area contributed by atoms with E-state index >= 15 is 0 Å². The Labute approximate surface area is 108 Å². The van der Waals surface area contributed by atoms with Gasteiger partial charge in [-0.05, 0) is 24.7 Å². The van der Waals surface area contributed by atoms with Gasteiger partial charge < -0.3 is 15.4 Å². The lowest BCUT2D eigenvalue weighted by molar-refractivity contribution is 0.262. The van der Waals surface area contributed by atoms with Crippen molar-refractivity contribution < 1.29 is 4.74 Å². The van der Waals surface area contributed by atoms with Crippen molar-refractivity contribution in [3.8, 4) is 5.75 Å². The first-order valence-corrected chi connectivity index (χ1v) is 6.48. The molecule has 1 heterocycles. The van der Waals surface area contributed by atoms with E-state index in [-0.39, 0.29) is 6.04 Å². The highest BCUT2D eigenvalue weighted by Gasteiger charge is 2.21. The van der Waals surface area contributed by atoms with Gasteiger partial charge in [-0.15, -0.1) is 0 Å². The fourth-order valence-corrected chi connectivity index (χ4v) is 2.18. The van der Waals surface area contributed by atoms with E-state index in [9.17, 15) is 0 Å². The minimum absolute atomic E-state index is 0.261. The van der Waals surface area contributed by atoms with Crippen molar-refractivity contribution >= 4 is 17.3 Å². The number of ether oxygens (including phenoxy) is 1. The SMILES string of the molecule is CCCNC(=S)NC1CCOc2ccccc21. The Kier molecular flexibility index (Phi) is 4.20. The molecule has 0 aromatic heterocycles. The molecule has 4 heteroatoms. The summed E-state index contributed by atoms with van der Waals surface area (Å²) in [5.74, 6) is 0.967. The molecule has 1 aromatic rings. The standard InChI is InChI=1S/C13H18N2OS/c1-2-8-14-13(17)15-11-7-9-16-12-6-4-3-5-10(11)12/h3-6,11H,2,7-9H2,1H3,(H2,14,15,17). The zero-order valence-electron chi connectivity index (χ0n) is 10.0. The average Bonchev–Trinajstić information content (AvgIpc) is 2.37. The van der Waals surface area contributed by atoms with Gasteiger partial charge in [0.1, 0.15) is 5.75 Å². The monoisotopic (exact) mass is 250 g/mol. The molecule has 1 atom stereocenters. The fraction of sp³-hybridized carbons (Fsp3) is 0.462. The maximum absolute atomic E-state index is 5.61. The highest BCUT2D eigenvalue weighted by Crippen LogP contribution is 2.31. The van der Waals surface area contributed by atoms with Crippen LogP contribution in [0.15, 0.2) is 24.3 Å². The van der Waals surface area contributed by atoms with E-state index in [4.69, 9.17) is 17.0 Å². The Hall–Kier alpha value is -1.29. The molecule has 0 radical (unpaired) electrons. The quantitative estimate of drug-likeness (QED) is 0.807. The van der Waals surface area contributed by atoms with E-state index in [0.717, 1.165) is 36.9 Å². The normalized spacial score (nSPS) is 17.8. The molecule has 0 amide bonds. The second-order valence-corrected chi connectivity index (χ2v) is 4.54. The molecule has 0 saturated carbocycles. The largest absolute Gasteiger partial charge is 0.493 e. The molecule has 0 spiro atoms. The van der Waals surface area contributed by atoms with Crippen LogP contribution in [0.5, 0.6) is 5.75 Å². The summed E-state index contributed by atoms with van der Waals surface area (Å²) in [5, 5.41) is 7.27. The van der Waals surface area contributed by atoms with Gasteiger partial charge >= 0.3 is 0 Å². The number of benzene rings is 1. The lowest BCUT2D eigenvalue weighted by atomic mass is 10.0. The second kappa shape index (κ2) is 5.87. The first-order valence-electron chi connectivity index (χ1n) is 6.07.